The summed E-state index contributed by atoms with van der Waals surface area (Å²) >= 11 is 0. The fourth-order valence-electron chi connectivity index (χ4n) is 2.16. The highest BCUT2D eigenvalue weighted by Gasteiger charge is 2.14. The first-order valence-electron chi connectivity index (χ1n) is 6.65. The van der Waals surface area contributed by atoms with E-state index in [4.69, 9.17) is 9.47 Å². The minimum Gasteiger partial charge on any atom is -0.497 e. The SMILES string of the molecule is COc1ccc(CC2=CN=CC(COC(C)=O)C2)cc1. The molecular formula is C16H19NO3. The molecule has 0 aromatic heterocycles. The monoisotopic (exact) mass is 273 g/mol. The fraction of sp³-hybridized carbons (Fsp3) is 0.375. The van der Waals surface area contributed by atoms with Gasteiger partial charge in [-0.15, -0.1) is 0 Å². The Kier molecular flexibility index (Phi) is 4.93. The van der Waals surface area contributed by atoms with Crippen molar-refractivity contribution >= 4 is 12.2 Å². The van der Waals surface area contributed by atoms with Crippen molar-refractivity contribution in [2.45, 2.75) is 19.8 Å². The molecule has 1 aromatic carbocycles. The van der Waals surface area contributed by atoms with Crippen LogP contribution < -0.4 is 4.74 Å². The Labute approximate surface area is 119 Å². The van der Waals surface area contributed by atoms with Crippen LogP contribution in [0.25, 0.3) is 0 Å². The van der Waals surface area contributed by atoms with Gasteiger partial charge in [-0.2, -0.15) is 0 Å². The van der Waals surface area contributed by atoms with E-state index in [1.165, 1.54) is 18.1 Å². The molecule has 0 N–H and O–H groups in total. The summed E-state index contributed by atoms with van der Waals surface area (Å²) in [4.78, 5) is 15.1. The molecule has 1 aliphatic heterocycles. The number of hydrogen-bond donors (Lipinski definition) is 0. The molecule has 0 amide bonds. The molecule has 4 nitrogen and oxygen atoms in total. The maximum Gasteiger partial charge on any atom is 0.302 e. The van der Waals surface area contributed by atoms with E-state index < -0.39 is 0 Å². The van der Waals surface area contributed by atoms with E-state index in [0.29, 0.717) is 6.61 Å². The van der Waals surface area contributed by atoms with Gasteiger partial charge in [0.1, 0.15) is 5.75 Å². The number of allylic oxidation sites excluding steroid dienone is 1. The molecule has 0 saturated carbocycles. The third-order valence-electron chi connectivity index (χ3n) is 3.17. The van der Waals surface area contributed by atoms with Gasteiger partial charge in [0, 0.05) is 25.3 Å². The lowest BCUT2D eigenvalue weighted by Gasteiger charge is -2.17. The maximum absolute atomic E-state index is 10.8. The minimum absolute atomic E-state index is 0.178. The number of benzene rings is 1. The number of methoxy groups -OCH3 is 1. The van der Waals surface area contributed by atoms with E-state index in [1.54, 1.807) is 7.11 Å². The Morgan fingerprint density at radius 3 is 2.75 bits per heavy atom. The van der Waals surface area contributed by atoms with E-state index in [9.17, 15) is 4.79 Å². The summed E-state index contributed by atoms with van der Waals surface area (Å²) in [5.74, 6) is 0.791. The van der Waals surface area contributed by atoms with Crippen LogP contribution in [0.2, 0.25) is 0 Å². The van der Waals surface area contributed by atoms with Gasteiger partial charge in [-0.25, -0.2) is 0 Å². The first kappa shape index (κ1) is 14.3. The van der Waals surface area contributed by atoms with E-state index in [2.05, 4.69) is 17.1 Å². The second-order valence-corrected chi connectivity index (χ2v) is 4.88. The van der Waals surface area contributed by atoms with Crippen molar-refractivity contribution in [2.75, 3.05) is 13.7 Å². The van der Waals surface area contributed by atoms with E-state index >= 15 is 0 Å². The topological polar surface area (TPSA) is 47.9 Å². The lowest BCUT2D eigenvalue weighted by Crippen LogP contribution is -2.16. The fourth-order valence-corrected chi connectivity index (χ4v) is 2.16. The van der Waals surface area contributed by atoms with Gasteiger partial charge < -0.3 is 9.47 Å². The summed E-state index contributed by atoms with van der Waals surface area (Å²) < 4.78 is 10.2. The van der Waals surface area contributed by atoms with Gasteiger partial charge in [-0.3, -0.25) is 9.79 Å². The average Bonchev–Trinajstić information content (AvgIpc) is 2.46. The van der Waals surface area contributed by atoms with Crippen LogP contribution in [0.1, 0.15) is 18.9 Å². The molecule has 0 aliphatic carbocycles. The number of aliphatic imine (C=N–C) groups is 1. The molecular weight excluding hydrogens is 254 g/mol. The number of carbonyl (C=O) groups is 1. The predicted molar refractivity (Wildman–Crippen MR) is 78.0 cm³/mol. The first-order chi connectivity index (χ1) is 9.67. The van der Waals surface area contributed by atoms with Gasteiger partial charge in [0.25, 0.3) is 0 Å². The second-order valence-electron chi connectivity index (χ2n) is 4.88. The van der Waals surface area contributed by atoms with Crippen LogP contribution in [-0.2, 0) is 16.0 Å². The third kappa shape index (κ3) is 4.23. The Bertz CT molecular complexity index is 517. The van der Waals surface area contributed by atoms with Gasteiger partial charge in [0.05, 0.1) is 13.7 Å². The van der Waals surface area contributed by atoms with E-state index in [1.807, 2.05) is 24.5 Å². The number of ether oxygens (including phenoxy) is 2. The van der Waals surface area contributed by atoms with Crippen LogP contribution in [-0.4, -0.2) is 25.9 Å². The normalized spacial score (nSPS) is 17.5. The van der Waals surface area contributed by atoms with Crippen molar-refractivity contribution < 1.29 is 14.3 Å². The van der Waals surface area contributed by atoms with Crippen molar-refractivity contribution in [3.05, 3.63) is 41.6 Å². The molecule has 4 heteroatoms. The Balaban J connectivity index is 1.90. The van der Waals surface area contributed by atoms with Crippen LogP contribution in [0.15, 0.2) is 41.0 Å². The summed E-state index contributed by atoms with van der Waals surface area (Å²) in [7, 11) is 1.66. The number of hydrogen-bond acceptors (Lipinski definition) is 4. The molecule has 0 saturated heterocycles. The Hall–Kier alpha value is -2.10. The van der Waals surface area contributed by atoms with Crippen LogP contribution >= 0.6 is 0 Å². The summed E-state index contributed by atoms with van der Waals surface area (Å²) in [5, 5.41) is 0. The van der Waals surface area contributed by atoms with Crippen molar-refractivity contribution in [3.8, 4) is 5.75 Å². The van der Waals surface area contributed by atoms with Gasteiger partial charge in [-0.1, -0.05) is 12.1 Å². The molecule has 20 heavy (non-hydrogen) atoms. The molecule has 1 atom stereocenters. The Morgan fingerprint density at radius 1 is 1.35 bits per heavy atom. The molecule has 0 radical (unpaired) electrons. The highest BCUT2D eigenvalue weighted by Crippen LogP contribution is 2.21. The maximum atomic E-state index is 10.8. The van der Waals surface area contributed by atoms with Crippen LogP contribution in [0.4, 0.5) is 0 Å². The van der Waals surface area contributed by atoms with Crippen LogP contribution in [0.5, 0.6) is 5.75 Å². The largest absolute Gasteiger partial charge is 0.497 e. The van der Waals surface area contributed by atoms with Crippen LogP contribution in [0.3, 0.4) is 0 Å². The zero-order valence-electron chi connectivity index (χ0n) is 11.8. The van der Waals surface area contributed by atoms with E-state index in [-0.39, 0.29) is 11.9 Å². The van der Waals surface area contributed by atoms with Crippen molar-refractivity contribution in [2.24, 2.45) is 10.9 Å². The van der Waals surface area contributed by atoms with Crippen molar-refractivity contribution in [1.29, 1.82) is 0 Å². The Morgan fingerprint density at radius 2 is 2.10 bits per heavy atom. The molecule has 0 spiro atoms. The number of rotatable bonds is 5. The van der Waals surface area contributed by atoms with Crippen molar-refractivity contribution in [1.82, 2.24) is 0 Å². The van der Waals surface area contributed by atoms with Gasteiger partial charge in [0.15, 0.2) is 0 Å². The standard InChI is InChI=1S/C16H19NO3/c1-12(18)20-11-15-8-14(9-17-10-15)7-13-3-5-16(19-2)6-4-13/h3-6,9-10,15H,7-8,11H2,1-2H3. The van der Waals surface area contributed by atoms with Gasteiger partial charge >= 0.3 is 5.97 Å². The van der Waals surface area contributed by atoms with Crippen molar-refractivity contribution in [3.63, 3.8) is 0 Å². The molecule has 2 rings (SSSR count). The number of esters is 1. The zero-order chi connectivity index (χ0) is 14.4. The summed E-state index contributed by atoms with van der Waals surface area (Å²) in [6, 6.07) is 8.02. The molecule has 1 heterocycles. The lowest BCUT2D eigenvalue weighted by molar-refractivity contribution is -0.141. The van der Waals surface area contributed by atoms with Gasteiger partial charge in [-0.05, 0) is 36.1 Å². The smallest absolute Gasteiger partial charge is 0.302 e. The molecule has 1 unspecified atom stereocenters. The second kappa shape index (κ2) is 6.89. The average molecular weight is 273 g/mol. The number of nitrogens with zero attached hydrogens (tertiary/aromatic N) is 1. The molecule has 0 bridgehead atoms. The van der Waals surface area contributed by atoms with E-state index in [0.717, 1.165) is 18.6 Å². The van der Waals surface area contributed by atoms with Crippen LogP contribution in [0, 0.1) is 5.92 Å². The molecule has 1 aliphatic rings. The minimum atomic E-state index is -0.246. The number of carbonyl (C=O) groups excluding carboxylic acids is 1. The summed E-state index contributed by atoms with van der Waals surface area (Å²) in [5.41, 5.74) is 2.47. The highest BCUT2D eigenvalue weighted by atomic mass is 16.5. The quantitative estimate of drug-likeness (QED) is 0.775. The summed E-state index contributed by atoms with van der Waals surface area (Å²) in [6.07, 6.45) is 5.48. The predicted octanol–water partition coefficient (Wildman–Crippen LogP) is 2.78. The lowest BCUT2D eigenvalue weighted by atomic mass is 9.95. The summed E-state index contributed by atoms with van der Waals surface area (Å²) in [6.45, 7) is 1.83. The zero-order valence-corrected chi connectivity index (χ0v) is 11.8. The highest BCUT2D eigenvalue weighted by molar-refractivity contribution is 5.68. The molecule has 1 aromatic rings. The molecule has 0 fully saturated rings. The molecule has 106 valence electrons. The van der Waals surface area contributed by atoms with Gasteiger partial charge in [0.2, 0.25) is 0 Å². The first-order valence-corrected chi connectivity index (χ1v) is 6.65. The third-order valence-corrected chi connectivity index (χ3v) is 3.17.